The maximum absolute atomic E-state index is 13.2. The number of benzene rings is 1. The highest BCUT2D eigenvalue weighted by Gasteiger charge is 2.04. The smallest absolute Gasteiger partial charge is 0.240 e. The normalized spacial score (nSPS) is 10.1. The number of halogens is 2. The van der Waals surface area contributed by atoms with Gasteiger partial charge in [0.2, 0.25) is 11.8 Å². The lowest BCUT2D eigenvalue weighted by Gasteiger charge is -2.06. The molecule has 0 unspecified atom stereocenters. The number of aromatic nitrogens is 2. The van der Waals surface area contributed by atoms with E-state index in [1.165, 1.54) is 30.5 Å². The minimum atomic E-state index is -0.560. The zero-order valence-corrected chi connectivity index (χ0v) is 9.28. The first-order chi connectivity index (χ1) is 8.19. The van der Waals surface area contributed by atoms with Crippen molar-refractivity contribution in [3.8, 4) is 11.6 Å². The average molecular weight is 255 g/mol. The Morgan fingerprint density at radius 2 is 2.18 bits per heavy atom. The van der Waals surface area contributed by atoms with Gasteiger partial charge in [-0.1, -0.05) is 11.6 Å². The molecule has 17 heavy (non-hydrogen) atoms. The van der Waals surface area contributed by atoms with Crippen LogP contribution >= 0.6 is 11.6 Å². The molecular formula is C10H8ClFN4O. The van der Waals surface area contributed by atoms with Crippen LogP contribution in [-0.4, -0.2) is 9.97 Å². The molecule has 0 aliphatic rings. The van der Waals surface area contributed by atoms with Crippen LogP contribution in [0, 0.1) is 5.82 Å². The Morgan fingerprint density at radius 3 is 2.88 bits per heavy atom. The third-order valence-electron chi connectivity index (χ3n) is 1.87. The molecule has 1 aromatic carbocycles. The van der Waals surface area contributed by atoms with Crippen LogP contribution in [0.1, 0.15) is 0 Å². The van der Waals surface area contributed by atoms with E-state index in [-0.39, 0.29) is 22.6 Å². The summed E-state index contributed by atoms with van der Waals surface area (Å²) in [5.74, 6) is 5.32. The molecule has 0 aliphatic heterocycles. The molecule has 1 heterocycles. The molecule has 7 heteroatoms. The molecule has 0 aliphatic carbocycles. The van der Waals surface area contributed by atoms with Gasteiger partial charge in [-0.05, 0) is 12.1 Å². The van der Waals surface area contributed by atoms with Gasteiger partial charge in [-0.3, -0.25) is 5.43 Å². The lowest BCUT2D eigenvalue weighted by atomic mass is 10.3. The molecule has 0 radical (unpaired) electrons. The van der Waals surface area contributed by atoms with Crippen LogP contribution in [0.25, 0.3) is 0 Å². The summed E-state index contributed by atoms with van der Waals surface area (Å²) in [4.78, 5) is 7.72. The quantitative estimate of drug-likeness (QED) is 0.650. The molecule has 5 nitrogen and oxygen atoms in total. The van der Waals surface area contributed by atoms with Gasteiger partial charge in [0.1, 0.15) is 11.6 Å². The minimum absolute atomic E-state index is 0.0318. The summed E-state index contributed by atoms with van der Waals surface area (Å²) < 4.78 is 18.5. The lowest BCUT2D eigenvalue weighted by molar-refractivity contribution is 0.457. The fourth-order valence-electron chi connectivity index (χ4n) is 1.13. The van der Waals surface area contributed by atoms with Gasteiger partial charge in [0.05, 0.1) is 5.02 Å². The molecule has 0 fully saturated rings. The number of anilines is 1. The van der Waals surface area contributed by atoms with Gasteiger partial charge in [0.25, 0.3) is 0 Å². The van der Waals surface area contributed by atoms with E-state index >= 15 is 0 Å². The van der Waals surface area contributed by atoms with Gasteiger partial charge in [-0.15, -0.1) is 0 Å². The Kier molecular flexibility index (Phi) is 3.36. The van der Waals surface area contributed by atoms with Gasteiger partial charge in [-0.2, -0.15) is 4.98 Å². The highest BCUT2D eigenvalue weighted by molar-refractivity contribution is 6.30. The third kappa shape index (κ3) is 2.80. The Hall–Kier alpha value is -1.92. The van der Waals surface area contributed by atoms with E-state index in [1.807, 2.05) is 0 Å². The fourth-order valence-corrected chi connectivity index (χ4v) is 1.25. The Labute approximate surface area is 101 Å². The summed E-state index contributed by atoms with van der Waals surface area (Å²) >= 11 is 5.55. The van der Waals surface area contributed by atoms with Gasteiger partial charge in [-0.25, -0.2) is 15.2 Å². The van der Waals surface area contributed by atoms with Crippen LogP contribution in [0.5, 0.6) is 11.6 Å². The van der Waals surface area contributed by atoms with Crippen LogP contribution in [0.4, 0.5) is 10.3 Å². The molecule has 3 N–H and O–H groups in total. The Bertz CT molecular complexity index is 537. The summed E-state index contributed by atoms with van der Waals surface area (Å²) in [5, 5.41) is 0.0318. The predicted octanol–water partition coefficient (Wildman–Crippen LogP) is 2.35. The van der Waals surface area contributed by atoms with E-state index in [0.29, 0.717) is 0 Å². The van der Waals surface area contributed by atoms with Crippen molar-refractivity contribution < 1.29 is 9.13 Å². The summed E-state index contributed by atoms with van der Waals surface area (Å²) in [6.45, 7) is 0. The number of rotatable bonds is 3. The number of hydrogen-bond acceptors (Lipinski definition) is 5. The van der Waals surface area contributed by atoms with Crippen molar-refractivity contribution in [1.82, 2.24) is 9.97 Å². The first-order valence-corrected chi connectivity index (χ1v) is 4.99. The predicted molar refractivity (Wildman–Crippen MR) is 61.3 cm³/mol. The third-order valence-corrected chi connectivity index (χ3v) is 2.18. The largest absolute Gasteiger partial charge is 0.439 e. The standard InChI is InChI=1S/C10H8ClFN4O/c11-7-2-1-6(5-8(7)12)17-9-3-4-14-10(15-9)16-13/h1-5H,13H2,(H,14,15,16). The van der Waals surface area contributed by atoms with Gasteiger partial charge < -0.3 is 4.74 Å². The number of ether oxygens (including phenoxy) is 1. The van der Waals surface area contributed by atoms with Gasteiger partial charge in [0.15, 0.2) is 0 Å². The molecular weight excluding hydrogens is 247 g/mol. The maximum atomic E-state index is 13.2. The topological polar surface area (TPSA) is 73.1 Å². The number of nitrogens with one attached hydrogen (secondary N) is 1. The molecule has 1 aromatic heterocycles. The highest BCUT2D eigenvalue weighted by atomic mass is 35.5. The van der Waals surface area contributed by atoms with Crippen LogP contribution in [0.2, 0.25) is 5.02 Å². The Balaban J connectivity index is 2.22. The number of nitrogens with zero attached hydrogens (tertiary/aromatic N) is 2. The van der Waals surface area contributed by atoms with Crippen molar-refractivity contribution in [2.75, 3.05) is 5.43 Å². The van der Waals surface area contributed by atoms with E-state index in [9.17, 15) is 4.39 Å². The molecule has 2 rings (SSSR count). The highest BCUT2D eigenvalue weighted by Crippen LogP contribution is 2.24. The van der Waals surface area contributed by atoms with Crippen molar-refractivity contribution >= 4 is 17.5 Å². The van der Waals surface area contributed by atoms with E-state index in [4.69, 9.17) is 22.2 Å². The average Bonchev–Trinajstić information content (AvgIpc) is 2.34. The monoisotopic (exact) mass is 254 g/mol. The van der Waals surface area contributed by atoms with Gasteiger partial charge in [0, 0.05) is 18.3 Å². The molecule has 2 aromatic rings. The van der Waals surface area contributed by atoms with E-state index in [1.54, 1.807) is 0 Å². The lowest BCUT2D eigenvalue weighted by Crippen LogP contribution is -2.10. The first kappa shape index (κ1) is 11.6. The first-order valence-electron chi connectivity index (χ1n) is 4.61. The fraction of sp³-hybridized carbons (Fsp3) is 0. The van der Waals surface area contributed by atoms with Crippen molar-refractivity contribution in [3.05, 3.63) is 41.3 Å². The number of hydrazine groups is 1. The second-order valence-corrected chi connectivity index (χ2v) is 3.45. The SMILES string of the molecule is NNc1nccc(Oc2ccc(Cl)c(F)c2)n1. The Morgan fingerprint density at radius 1 is 1.35 bits per heavy atom. The molecule has 0 amide bonds. The number of nitrogen functional groups attached to an aromatic ring is 1. The van der Waals surface area contributed by atoms with Gasteiger partial charge >= 0.3 is 0 Å². The molecule has 0 spiro atoms. The van der Waals surface area contributed by atoms with E-state index < -0.39 is 5.82 Å². The zero-order chi connectivity index (χ0) is 12.3. The maximum Gasteiger partial charge on any atom is 0.240 e. The van der Waals surface area contributed by atoms with Crippen LogP contribution in [0.3, 0.4) is 0 Å². The summed E-state index contributed by atoms with van der Waals surface area (Å²) in [6, 6.07) is 5.62. The van der Waals surface area contributed by atoms with Crippen LogP contribution in [-0.2, 0) is 0 Å². The second kappa shape index (κ2) is 4.94. The van der Waals surface area contributed by atoms with Crippen LogP contribution < -0.4 is 16.0 Å². The van der Waals surface area contributed by atoms with Crippen molar-refractivity contribution in [3.63, 3.8) is 0 Å². The van der Waals surface area contributed by atoms with E-state index in [2.05, 4.69) is 15.4 Å². The molecule has 0 bridgehead atoms. The van der Waals surface area contributed by atoms with Crippen molar-refractivity contribution in [1.29, 1.82) is 0 Å². The van der Waals surface area contributed by atoms with Crippen LogP contribution in [0.15, 0.2) is 30.5 Å². The molecule has 88 valence electrons. The number of nitrogens with two attached hydrogens (primary N) is 1. The minimum Gasteiger partial charge on any atom is -0.439 e. The van der Waals surface area contributed by atoms with Crippen molar-refractivity contribution in [2.24, 2.45) is 5.84 Å². The number of hydrogen-bond donors (Lipinski definition) is 2. The molecule has 0 saturated carbocycles. The summed E-state index contributed by atoms with van der Waals surface area (Å²) in [6.07, 6.45) is 1.46. The zero-order valence-electron chi connectivity index (χ0n) is 8.52. The summed E-state index contributed by atoms with van der Waals surface area (Å²) in [5.41, 5.74) is 2.28. The van der Waals surface area contributed by atoms with E-state index in [0.717, 1.165) is 0 Å². The molecule has 0 saturated heterocycles. The van der Waals surface area contributed by atoms with Crippen molar-refractivity contribution in [2.45, 2.75) is 0 Å². The summed E-state index contributed by atoms with van der Waals surface area (Å²) in [7, 11) is 0. The second-order valence-electron chi connectivity index (χ2n) is 3.04. The molecule has 0 atom stereocenters.